The van der Waals surface area contributed by atoms with E-state index in [1.807, 2.05) is 113 Å². The average Bonchev–Trinajstić information content (AvgIpc) is 3.29. The molecule has 0 saturated carbocycles. The number of ether oxygens (including phenoxy) is 1. The molecule has 6 rings (SSSR count). The maximum Gasteiger partial charge on any atom is 0.206 e. The normalized spacial score (nSPS) is 8.67. The molecule has 0 fully saturated rings. The molecule has 6 aromatic rings. The van der Waals surface area contributed by atoms with E-state index in [2.05, 4.69) is 0 Å². The number of rotatable bonds is 4. The van der Waals surface area contributed by atoms with Crippen LogP contribution >= 0.6 is 0 Å². The van der Waals surface area contributed by atoms with Gasteiger partial charge in [0.25, 0.3) is 0 Å². The van der Waals surface area contributed by atoms with Gasteiger partial charge in [0.15, 0.2) is 0 Å². The summed E-state index contributed by atoms with van der Waals surface area (Å²) in [5, 5.41) is 0. The highest BCUT2D eigenvalue weighted by atomic mass is 32.2. The SMILES string of the molecule is CC.CC.CC.CC.CC.CC.Nc1ccc(N)cc1.Nc1ccc(Oc2ccc(N)cc2)cc1.Nc1ccc(S(=O)(=O)c2ccc(N)cc2)cc1.Nc1cccc(N)c1. The van der Waals surface area contributed by atoms with Gasteiger partial charge >= 0.3 is 0 Å². The lowest BCUT2D eigenvalue weighted by atomic mass is 10.3. The largest absolute Gasteiger partial charge is 0.457 e. The van der Waals surface area contributed by atoms with Crippen molar-refractivity contribution in [3.63, 3.8) is 0 Å². The van der Waals surface area contributed by atoms with E-state index in [0.29, 0.717) is 22.7 Å². The smallest absolute Gasteiger partial charge is 0.206 e. The van der Waals surface area contributed by atoms with Crippen LogP contribution < -0.4 is 50.6 Å². The number of sulfone groups is 1. The molecule has 0 bridgehead atoms. The van der Waals surface area contributed by atoms with E-state index in [4.69, 9.17) is 50.6 Å². The highest BCUT2D eigenvalue weighted by molar-refractivity contribution is 7.91. The number of hydrogen-bond donors (Lipinski definition) is 8. The fraction of sp³-hybridized carbons (Fsp3) is 0.250. The molecule has 0 aromatic heterocycles. The molecule has 332 valence electrons. The minimum atomic E-state index is -3.48. The molecule has 0 spiro atoms. The topological polar surface area (TPSA) is 252 Å². The first-order chi connectivity index (χ1) is 28.8. The van der Waals surface area contributed by atoms with Crippen LogP contribution in [0.4, 0.5) is 45.5 Å². The summed E-state index contributed by atoms with van der Waals surface area (Å²) in [5.41, 5.74) is 49.1. The molecule has 0 unspecified atom stereocenters. The highest BCUT2D eigenvalue weighted by Gasteiger charge is 2.16. The Labute approximate surface area is 363 Å². The Kier molecular flexibility index (Phi) is 38.1. The molecule has 12 heteroatoms. The Morgan fingerprint density at radius 3 is 0.700 bits per heavy atom. The van der Waals surface area contributed by atoms with E-state index in [1.54, 1.807) is 91.0 Å². The second-order valence-corrected chi connectivity index (χ2v) is 12.2. The van der Waals surface area contributed by atoms with Gasteiger partial charge in [-0.3, -0.25) is 0 Å². The molecule has 0 aliphatic heterocycles. The molecule has 16 N–H and O–H groups in total. The van der Waals surface area contributed by atoms with Gasteiger partial charge in [-0.15, -0.1) is 0 Å². The molecule has 0 heterocycles. The Bertz CT molecular complexity index is 1820. The monoisotopic (exact) mass is 845 g/mol. The zero-order chi connectivity index (χ0) is 47.1. The summed E-state index contributed by atoms with van der Waals surface area (Å²) >= 11 is 0. The summed E-state index contributed by atoms with van der Waals surface area (Å²) in [7, 11) is -3.48. The van der Waals surface area contributed by atoms with Crippen molar-refractivity contribution in [2.24, 2.45) is 0 Å². The summed E-state index contributed by atoms with van der Waals surface area (Å²) in [4.78, 5) is 0.438. The van der Waals surface area contributed by atoms with Gasteiger partial charge in [-0.05, 0) is 140 Å². The van der Waals surface area contributed by atoms with Crippen molar-refractivity contribution < 1.29 is 13.2 Å². The van der Waals surface area contributed by atoms with Gasteiger partial charge in [0.05, 0.1) is 9.79 Å². The van der Waals surface area contributed by atoms with Gasteiger partial charge in [-0.2, -0.15) is 0 Å². The lowest BCUT2D eigenvalue weighted by molar-refractivity contribution is 0.483. The standard InChI is InChI=1S/C12H12N2O2S.C12H12N2O.2C6H8N2.6C2H6/c13-9-1-5-11(6-2-9)17(15,16)12-7-3-10(14)4-8-12;13-9-1-5-11(6-2-9)15-12-7-3-10(14)4-8-12;7-5-1-2-6(8)4-3-5;7-5-2-1-3-6(8)4-5;6*1-2/h1-8H,13-14H2;1-8H,13-14H2;2*1-4H,7-8H2;6*1-2H3. The van der Waals surface area contributed by atoms with Crippen LogP contribution in [0.1, 0.15) is 83.1 Å². The summed E-state index contributed by atoms with van der Waals surface area (Å²) in [6.45, 7) is 24.0. The van der Waals surface area contributed by atoms with Crippen LogP contribution in [-0.2, 0) is 9.84 Å². The predicted octanol–water partition coefficient (Wildman–Crippen LogP) is 12.2. The minimum absolute atomic E-state index is 0.219. The number of hydrogen-bond acceptors (Lipinski definition) is 11. The van der Waals surface area contributed by atoms with Gasteiger partial charge in [-0.1, -0.05) is 89.2 Å². The molecule has 0 aliphatic rings. The molecule has 0 radical (unpaired) electrons. The molecule has 60 heavy (non-hydrogen) atoms. The van der Waals surface area contributed by atoms with Crippen LogP contribution in [0, 0.1) is 0 Å². The summed E-state index contributed by atoms with van der Waals surface area (Å²) < 4.78 is 29.9. The lowest BCUT2D eigenvalue weighted by Crippen LogP contribution is -2.02. The minimum Gasteiger partial charge on any atom is -0.457 e. The Balaban J connectivity index is -0.000000332. The first-order valence-corrected chi connectivity index (χ1v) is 21.9. The van der Waals surface area contributed by atoms with Crippen LogP contribution in [-0.4, -0.2) is 8.42 Å². The van der Waals surface area contributed by atoms with Crippen molar-refractivity contribution >= 4 is 55.3 Å². The second kappa shape index (κ2) is 38.0. The van der Waals surface area contributed by atoms with E-state index >= 15 is 0 Å². The van der Waals surface area contributed by atoms with Gasteiger partial charge in [0.1, 0.15) is 11.5 Å². The first-order valence-electron chi connectivity index (χ1n) is 20.4. The van der Waals surface area contributed by atoms with Crippen LogP contribution in [0.3, 0.4) is 0 Å². The second-order valence-electron chi connectivity index (χ2n) is 10.2. The van der Waals surface area contributed by atoms with E-state index in [-0.39, 0.29) is 9.79 Å². The molecule has 6 aromatic carbocycles. The van der Waals surface area contributed by atoms with Gasteiger partial charge in [0, 0.05) is 45.5 Å². The van der Waals surface area contributed by atoms with Crippen molar-refractivity contribution in [2.45, 2.75) is 92.9 Å². The maximum atomic E-state index is 12.2. The van der Waals surface area contributed by atoms with Crippen LogP contribution in [0.25, 0.3) is 0 Å². The van der Waals surface area contributed by atoms with Crippen molar-refractivity contribution in [3.05, 3.63) is 146 Å². The molecular formula is C48H76N8O3S. The first kappa shape index (κ1) is 60.2. The van der Waals surface area contributed by atoms with Crippen LogP contribution in [0.5, 0.6) is 11.5 Å². The molecule has 0 saturated heterocycles. The van der Waals surface area contributed by atoms with Crippen molar-refractivity contribution in [1.29, 1.82) is 0 Å². The van der Waals surface area contributed by atoms with Gasteiger partial charge in [0.2, 0.25) is 9.84 Å². The molecule has 11 nitrogen and oxygen atoms in total. The lowest BCUT2D eigenvalue weighted by Gasteiger charge is -2.05. The Hall–Kier alpha value is -6.53. The number of nitrogens with two attached hydrogens (primary N) is 8. The zero-order valence-corrected chi connectivity index (χ0v) is 38.9. The summed E-state index contributed by atoms with van der Waals surface area (Å²) in [5.74, 6) is 1.52. The Morgan fingerprint density at radius 1 is 0.300 bits per heavy atom. The van der Waals surface area contributed by atoms with Crippen LogP contribution in [0.15, 0.2) is 155 Å². The van der Waals surface area contributed by atoms with E-state index in [0.717, 1.165) is 34.2 Å². The average molecular weight is 845 g/mol. The maximum absolute atomic E-state index is 12.2. The fourth-order valence-electron chi connectivity index (χ4n) is 3.69. The molecule has 0 atom stereocenters. The third-order valence-corrected chi connectivity index (χ3v) is 8.01. The Morgan fingerprint density at radius 2 is 0.500 bits per heavy atom. The summed E-state index contributed by atoms with van der Waals surface area (Å²) in [6.07, 6.45) is 0. The fourth-order valence-corrected chi connectivity index (χ4v) is 4.95. The van der Waals surface area contributed by atoms with E-state index in [9.17, 15) is 8.42 Å². The zero-order valence-electron chi connectivity index (χ0n) is 38.1. The highest BCUT2D eigenvalue weighted by Crippen LogP contribution is 2.24. The van der Waals surface area contributed by atoms with Crippen molar-refractivity contribution in [1.82, 2.24) is 0 Å². The number of nitrogen functional groups attached to an aromatic ring is 8. The summed E-state index contributed by atoms with van der Waals surface area (Å²) in [6, 6.07) is 40.9. The molecule has 0 amide bonds. The predicted molar refractivity (Wildman–Crippen MR) is 268 cm³/mol. The van der Waals surface area contributed by atoms with Crippen molar-refractivity contribution in [2.75, 3.05) is 45.9 Å². The van der Waals surface area contributed by atoms with Crippen LogP contribution in [0.2, 0.25) is 0 Å². The van der Waals surface area contributed by atoms with Crippen molar-refractivity contribution in [3.8, 4) is 11.5 Å². The van der Waals surface area contributed by atoms with E-state index in [1.165, 1.54) is 24.3 Å². The van der Waals surface area contributed by atoms with Gasteiger partial charge < -0.3 is 50.6 Å². The van der Waals surface area contributed by atoms with Gasteiger partial charge in [-0.25, -0.2) is 8.42 Å². The third kappa shape index (κ3) is 27.2. The molecule has 0 aliphatic carbocycles. The number of benzene rings is 6. The third-order valence-electron chi connectivity index (χ3n) is 6.22. The quantitative estimate of drug-likeness (QED) is 0.0775. The number of anilines is 8. The molecular weight excluding hydrogens is 769 g/mol. The van der Waals surface area contributed by atoms with E-state index < -0.39 is 9.84 Å².